The summed E-state index contributed by atoms with van der Waals surface area (Å²) in [7, 11) is -1.92. The first-order valence-electron chi connectivity index (χ1n) is 8.41. The number of nitro benzene ring substituents is 1. The number of hydrogen-bond donors (Lipinski definition) is 0. The van der Waals surface area contributed by atoms with Crippen LogP contribution in [0.15, 0.2) is 36.5 Å². The lowest BCUT2D eigenvalue weighted by molar-refractivity contribution is -0.385. The fourth-order valence-electron chi connectivity index (χ4n) is 2.42. The molecule has 0 radical (unpaired) electrons. The first-order chi connectivity index (χ1) is 11.5. The molecule has 1 aromatic carbocycles. The monoisotopic (exact) mass is 362 g/mol. The molecule has 1 aliphatic heterocycles. The van der Waals surface area contributed by atoms with Crippen LogP contribution in [0.3, 0.4) is 0 Å². The zero-order valence-corrected chi connectivity index (χ0v) is 16.5. The molecule has 136 valence electrons. The van der Waals surface area contributed by atoms with E-state index in [9.17, 15) is 14.9 Å². The van der Waals surface area contributed by atoms with E-state index < -0.39 is 13.2 Å². The van der Waals surface area contributed by atoms with Crippen molar-refractivity contribution in [3.8, 4) is 0 Å². The summed E-state index contributed by atoms with van der Waals surface area (Å²) in [5.74, 6) is -0.357. The fraction of sp³-hybridized carbons (Fsp3) is 0.500. The maximum atomic E-state index is 12.8. The molecule has 1 atom stereocenters. The predicted molar refractivity (Wildman–Crippen MR) is 100.0 cm³/mol. The summed E-state index contributed by atoms with van der Waals surface area (Å²) < 4.78 is 6.24. The van der Waals surface area contributed by atoms with Gasteiger partial charge in [0.2, 0.25) is 0 Å². The van der Waals surface area contributed by atoms with Gasteiger partial charge in [0, 0.05) is 12.3 Å². The van der Waals surface area contributed by atoms with Gasteiger partial charge in [0.1, 0.15) is 5.56 Å². The second-order valence-corrected chi connectivity index (χ2v) is 12.6. The van der Waals surface area contributed by atoms with Gasteiger partial charge in [-0.05, 0) is 30.6 Å². The fourth-order valence-corrected chi connectivity index (χ4v) is 3.46. The van der Waals surface area contributed by atoms with Crippen LogP contribution in [0, 0.1) is 10.1 Å². The van der Waals surface area contributed by atoms with E-state index in [2.05, 4.69) is 33.9 Å². The highest BCUT2D eigenvalue weighted by molar-refractivity contribution is 6.74. The number of carbonyl (C=O) groups is 1. The highest BCUT2D eigenvalue weighted by atomic mass is 28.4. The van der Waals surface area contributed by atoms with Gasteiger partial charge in [-0.1, -0.05) is 39.0 Å². The number of benzene rings is 1. The Balaban J connectivity index is 2.15. The molecular weight excluding hydrogens is 336 g/mol. The number of para-hydroxylation sites is 1. The maximum Gasteiger partial charge on any atom is 0.282 e. The van der Waals surface area contributed by atoms with E-state index in [4.69, 9.17) is 4.43 Å². The van der Waals surface area contributed by atoms with Crippen molar-refractivity contribution in [2.75, 3.05) is 6.61 Å². The average Bonchev–Trinajstić information content (AvgIpc) is 2.99. The summed E-state index contributed by atoms with van der Waals surface area (Å²) in [5, 5.41) is 11.3. The van der Waals surface area contributed by atoms with Crippen LogP contribution in [-0.4, -0.2) is 36.7 Å². The second-order valence-electron chi connectivity index (χ2n) is 7.83. The van der Waals surface area contributed by atoms with E-state index in [1.165, 1.54) is 12.1 Å². The van der Waals surface area contributed by atoms with Crippen LogP contribution < -0.4 is 0 Å². The Morgan fingerprint density at radius 3 is 2.60 bits per heavy atom. The molecule has 1 aromatic rings. The minimum absolute atomic E-state index is 0.0894. The van der Waals surface area contributed by atoms with Crippen LogP contribution in [0.2, 0.25) is 18.1 Å². The molecule has 0 fully saturated rings. The van der Waals surface area contributed by atoms with E-state index in [1.54, 1.807) is 23.2 Å². The molecule has 0 aromatic heterocycles. The largest absolute Gasteiger partial charge is 0.415 e. The van der Waals surface area contributed by atoms with E-state index in [0.29, 0.717) is 13.0 Å². The van der Waals surface area contributed by atoms with Gasteiger partial charge in [0.25, 0.3) is 11.6 Å². The number of nitrogens with zero attached hydrogens (tertiary/aromatic N) is 2. The Morgan fingerprint density at radius 1 is 1.36 bits per heavy atom. The van der Waals surface area contributed by atoms with Crippen LogP contribution in [0.4, 0.5) is 5.69 Å². The molecule has 0 unspecified atom stereocenters. The molecule has 6 nitrogen and oxygen atoms in total. The quantitative estimate of drug-likeness (QED) is 0.443. The molecular formula is C18H26N2O4Si. The van der Waals surface area contributed by atoms with Crippen molar-refractivity contribution < 1.29 is 14.1 Å². The van der Waals surface area contributed by atoms with E-state index in [1.807, 2.05) is 6.08 Å². The molecule has 0 N–H and O–H groups in total. The predicted octanol–water partition coefficient (Wildman–Crippen LogP) is 4.34. The normalized spacial score (nSPS) is 17.8. The number of rotatable bonds is 5. The van der Waals surface area contributed by atoms with E-state index in [-0.39, 0.29) is 28.2 Å². The molecule has 1 heterocycles. The number of amides is 1. The van der Waals surface area contributed by atoms with Crippen molar-refractivity contribution in [2.24, 2.45) is 0 Å². The van der Waals surface area contributed by atoms with Gasteiger partial charge in [0.05, 0.1) is 17.6 Å². The lowest BCUT2D eigenvalue weighted by Gasteiger charge is -2.37. The van der Waals surface area contributed by atoms with Gasteiger partial charge in [0.15, 0.2) is 8.32 Å². The van der Waals surface area contributed by atoms with Crippen LogP contribution in [0.5, 0.6) is 0 Å². The molecule has 0 aliphatic carbocycles. The Labute approximate surface area is 149 Å². The van der Waals surface area contributed by atoms with Crippen molar-refractivity contribution in [3.63, 3.8) is 0 Å². The first kappa shape index (κ1) is 19.3. The van der Waals surface area contributed by atoms with Crippen molar-refractivity contribution in [3.05, 3.63) is 52.2 Å². The summed E-state index contributed by atoms with van der Waals surface area (Å²) in [5.41, 5.74) is -0.0618. The first-order valence-corrected chi connectivity index (χ1v) is 11.3. The van der Waals surface area contributed by atoms with Crippen LogP contribution in [-0.2, 0) is 4.43 Å². The molecule has 0 spiro atoms. The average molecular weight is 363 g/mol. The van der Waals surface area contributed by atoms with Gasteiger partial charge in [-0.2, -0.15) is 0 Å². The standard InChI is InChI=1S/C18H26N2O4Si/c1-18(2,3)25(4,5)24-13-14-9-8-12-19(14)17(21)15-10-6-7-11-16(15)20(22)23/h6-8,10-12,14H,9,13H2,1-5H3/t14-/m0/s1. The lowest BCUT2D eigenvalue weighted by Crippen LogP contribution is -2.45. The Morgan fingerprint density at radius 2 is 2.00 bits per heavy atom. The molecule has 7 heteroatoms. The number of hydrogen-bond acceptors (Lipinski definition) is 4. The molecule has 1 aliphatic rings. The smallest absolute Gasteiger partial charge is 0.282 e. The zero-order valence-electron chi connectivity index (χ0n) is 15.5. The highest BCUT2D eigenvalue weighted by Crippen LogP contribution is 2.37. The summed E-state index contributed by atoms with van der Waals surface area (Å²) >= 11 is 0. The Bertz CT molecular complexity index is 695. The lowest BCUT2D eigenvalue weighted by atomic mass is 10.1. The van der Waals surface area contributed by atoms with Gasteiger partial charge >= 0.3 is 0 Å². The van der Waals surface area contributed by atoms with Crippen LogP contribution in [0.25, 0.3) is 0 Å². The van der Waals surface area contributed by atoms with Crippen molar-refractivity contribution in [1.82, 2.24) is 4.90 Å². The molecule has 25 heavy (non-hydrogen) atoms. The summed E-state index contributed by atoms with van der Waals surface area (Å²) in [6.45, 7) is 11.3. The second kappa shape index (κ2) is 7.09. The summed E-state index contributed by atoms with van der Waals surface area (Å²) in [6, 6.07) is 5.93. The van der Waals surface area contributed by atoms with E-state index in [0.717, 1.165) is 0 Å². The number of carbonyl (C=O) groups excluding carboxylic acids is 1. The van der Waals surface area contributed by atoms with Gasteiger partial charge < -0.3 is 9.33 Å². The van der Waals surface area contributed by atoms with Gasteiger partial charge in [-0.3, -0.25) is 14.9 Å². The molecule has 2 rings (SSSR count). The Hall–Kier alpha value is -1.99. The van der Waals surface area contributed by atoms with E-state index >= 15 is 0 Å². The van der Waals surface area contributed by atoms with Crippen molar-refractivity contribution >= 4 is 19.9 Å². The summed E-state index contributed by atoms with van der Waals surface area (Å²) in [4.78, 5) is 25.1. The molecule has 0 saturated carbocycles. The third-order valence-corrected chi connectivity index (χ3v) is 9.58. The molecule has 1 amide bonds. The van der Waals surface area contributed by atoms with Gasteiger partial charge in [-0.15, -0.1) is 0 Å². The SMILES string of the molecule is CC(C)(C)[Si](C)(C)OC[C@@H]1CC=CN1C(=O)c1ccccc1[N+](=O)[O-]. The minimum Gasteiger partial charge on any atom is -0.415 e. The third kappa shape index (κ3) is 4.16. The maximum absolute atomic E-state index is 12.8. The highest BCUT2D eigenvalue weighted by Gasteiger charge is 2.39. The topological polar surface area (TPSA) is 72.7 Å². The minimum atomic E-state index is -1.92. The van der Waals surface area contributed by atoms with Crippen LogP contribution >= 0.6 is 0 Å². The number of nitro groups is 1. The molecule has 0 bridgehead atoms. The van der Waals surface area contributed by atoms with Gasteiger partial charge in [-0.25, -0.2) is 0 Å². The molecule has 0 saturated heterocycles. The Kier molecular flexibility index (Phi) is 5.48. The van der Waals surface area contributed by atoms with Crippen molar-refractivity contribution in [2.45, 2.75) is 51.4 Å². The zero-order chi connectivity index (χ0) is 18.8. The van der Waals surface area contributed by atoms with Crippen molar-refractivity contribution in [1.29, 1.82) is 0 Å². The summed E-state index contributed by atoms with van der Waals surface area (Å²) in [6.07, 6.45) is 4.31. The third-order valence-electron chi connectivity index (χ3n) is 5.08. The van der Waals surface area contributed by atoms with Crippen LogP contribution in [0.1, 0.15) is 37.6 Å².